The van der Waals surface area contributed by atoms with Crippen LogP contribution in [-0.2, 0) is 17.6 Å². The number of pyridine rings is 4. The quantitative estimate of drug-likeness (QED) is 0.254. The van der Waals surface area contributed by atoms with Gasteiger partial charge in [-0.25, -0.2) is 0 Å². The van der Waals surface area contributed by atoms with Gasteiger partial charge in [0.25, 0.3) is 0 Å². The summed E-state index contributed by atoms with van der Waals surface area (Å²) in [5.41, 5.74) is 3.66. The average Bonchev–Trinajstić information content (AvgIpc) is 3.48. The molecule has 5 rings (SSSR count). The van der Waals surface area contributed by atoms with E-state index < -0.39 is 0 Å². The van der Waals surface area contributed by atoms with Crippen LogP contribution in [0, 0.1) is 6.33 Å². The summed E-state index contributed by atoms with van der Waals surface area (Å²) in [6.45, 7) is 0. The molecule has 0 atom stereocenters. The minimum Gasteiger partial charge on any atom is -0.467 e. The number of hydrogen-bond acceptors (Lipinski definition) is 5. The zero-order chi connectivity index (χ0) is 22.0. The predicted molar refractivity (Wildman–Crippen MR) is 125 cm³/mol. The van der Waals surface area contributed by atoms with Crippen LogP contribution in [0.15, 0.2) is 110 Å². The third-order valence-corrected chi connectivity index (χ3v) is 3.55. The molecule has 0 aliphatic rings. The molecule has 32 heavy (non-hydrogen) atoms. The van der Waals surface area contributed by atoms with Gasteiger partial charge in [0.15, 0.2) is 0 Å². The van der Waals surface area contributed by atoms with E-state index in [-0.39, 0.29) is 12.4 Å². The van der Waals surface area contributed by atoms with Gasteiger partial charge in [-0.2, -0.15) is 0 Å². The van der Waals surface area contributed by atoms with Crippen LogP contribution in [0.1, 0.15) is 0 Å². The molecule has 0 saturated heterocycles. The number of rotatable bonds is 2. The maximum atomic E-state index is 4.67. The van der Waals surface area contributed by atoms with Gasteiger partial charge in [0.2, 0.25) is 0 Å². The van der Waals surface area contributed by atoms with Gasteiger partial charge in [-0.1, -0.05) is 24.3 Å². The van der Waals surface area contributed by atoms with Crippen molar-refractivity contribution in [3.8, 4) is 22.8 Å². The van der Waals surface area contributed by atoms with Crippen molar-refractivity contribution in [3.05, 3.63) is 116 Å². The smallest absolute Gasteiger partial charge is 0.0886 e. The fourth-order valence-electron chi connectivity index (χ4n) is 2.24. The molecule has 0 bridgehead atoms. The zero-order valence-corrected chi connectivity index (χ0v) is 20.9. The Morgan fingerprint density at radius 1 is 0.562 bits per heavy atom. The molecule has 5 aromatic rings. The van der Waals surface area contributed by atoms with Crippen molar-refractivity contribution in [2.75, 3.05) is 0 Å². The summed E-state index contributed by atoms with van der Waals surface area (Å²) in [5.74, 6) is 0. The molecule has 5 heterocycles. The Morgan fingerprint density at radius 2 is 0.906 bits per heavy atom. The van der Waals surface area contributed by atoms with Crippen LogP contribution in [0.3, 0.4) is 0 Å². The third kappa shape index (κ3) is 10.4. The third-order valence-electron chi connectivity index (χ3n) is 3.55. The van der Waals surface area contributed by atoms with Gasteiger partial charge in [0.1, 0.15) is 0 Å². The van der Waals surface area contributed by atoms with Gasteiger partial charge < -0.3 is 9.97 Å². The van der Waals surface area contributed by atoms with Crippen LogP contribution in [0.2, 0.25) is 0 Å². The molecule has 1 N–H and O–H groups in total. The molecule has 165 valence electrons. The standard InChI is InChI=1S/2C10H8N2.C3H3N2.2ClH.Os/c2*1-3-7-11-9(5-1)10-6-2-4-8-12-10;1-2-5-3-4-1;;;/h2*1-8H;1-2H,(H,4,5);2*1H;/q;;-1;;;+1/p-1. The molecule has 0 saturated carbocycles. The van der Waals surface area contributed by atoms with E-state index in [1.807, 2.05) is 72.8 Å². The van der Waals surface area contributed by atoms with Gasteiger partial charge >= 0.3 is 27.2 Å². The molecular formula is C23H20Cl2N6Os-. The molecule has 0 radical (unpaired) electrons. The molecule has 0 fully saturated rings. The van der Waals surface area contributed by atoms with Crippen LogP contribution in [0.4, 0.5) is 0 Å². The van der Waals surface area contributed by atoms with Crippen molar-refractivity contribution in [1.29, 1.82) is 0 Å². The second kappa shape index (κ2) is 17.7. The van der Waals surface area contributed by atoms with Gasteiger partial charge in [-0.15, -0.1) is 24.8 Å². The van der Waals surface area contributed by atoms with Crippen molar-refractivity contribution >= 4 is 22.0 Å². The van der Waals surface area contributed by atoms with Crippen LogP contribution in [0.5, 0.6) is 0 Å². The Morgan fingerprint density at radius 3 is 1.06 bits per heavy atom. The molecule has 6 nitrogen and oxygen atoms in total. The van der Waals surface area contributed by atoms with E-state index in [1.54, 1.807) is 37.2 Å². The Hall–Kier alpha value is -2.97. The Kier molecular flexibility index (Phi) is 15.0. The first-order chi connectivity index (χ1) is 15.4. The van der Waals surface area contributed by atoms with Gasteiger partial charge in [-0.3, -0.25) is 19.9 Å². The summed E-state index contributed by atoms with van der Waals surface area (Å²) in [6, 6.07) is 23.2. The molecule has 0 spiro atoms. The van der Waals surface area contributed by atoms with E-state index in [0.717, 1.165) is 22.8 Å². The second-order valence-electron chi connectivity index (χ2n) is 5.56. The number of aromatic nitrogens is 6. The van der Waals surface area contributed by atoms with Crippen LogP contribution in [0.25, 0.3) is 22.8 Å². The Bertz CT molecular complexity index is 872. The normalized spacial score (nSPS) is 8.69. The van der Waals surface area contributed by atoms with E-state index in [9.17, 15) is 0 Å². The largest absolute Gasteiger partial charge is 0.467 e. The average molecular weight is 642 g/mol. The van der Waals surface area contributed by atoms with E-state index in [4.69, 9.17) is 0 Å². The fraction of sp³-hybridized carbons (Fsp3) is 0. The van der Waals surface area contributed by atoms with Crippen LogP contribution in [-0.4, -0.2) is 29.9 Å². The number of halogens is 2. The molecule has 0 amide bonds. The van der Waals surface area contributed by atoms with E-state index in [1.165, 1.54) is 17.6 Å². The summed E-state index contributed by atoms with van der Waals surface area (Å²) < 4.78 is 0. The van der Waals surface area contributed by atoms with E-state index >= 15 is 0 Å². The first kappa shape index (κ1) is 27.1. The van der Waals surface area contributed by atoms with E-state index in [0.29, 0.717) is 0 Å². The van der Waals surface area contributed by atoms with Crippen LogP contribution >= 0.6 is 22.0 Å². The SMILES string of the molecule is Cl.[Cl][Os].[c-]1ncc[nH]1.c1ccc(-c2ccccn2)nc1.c1ccc(-c2ccccn2)nc1. The summed E-state index contributed by atoms with van der Waals surface area (Å²) in [4.78, 5) is 22.9. The summed E-state index contributed by atoms with van der Waals surface area (Å²) in [5, 5.41) is 0. The monoisotopic (exact) mass is 642 g/mol. The minimum atomic E-state index is 0. The number of hydrogen-bond donors (Lipinski definition) is 1. The van der Waals surface area contributed by atoms with Crippen molar-refractivity contribution in [2.45, 2.75) is 0 Å². The Balaban J connectivity index is 0.000000243. The first-order valence-corrected chi connectivity index (χ1v) is 12.2. The minimum absolute atomic E-state index is 0. The zero-order valence-electron chi connectivity index (χ0n) is 16.8. The van der Waals surface area contributed by atoms with Crippen molar-refractivity contribution in [1.82, 2.24) is 29.9 Å². The summed E-state index contributed by atoms with van der Waals surface area (Å²) in [6.07, 6.45) is 12.9. The molecule has 0 aliphatic heterocycles. The summed E-state index contributed by atoms with van der Waals surface area (Å²) in [7, 11) is 4.67. The van der Waals surface area contributed by atoms with Crippen molar-refractivity contribution in [2.24, 2.45) is 0 Å². The fourth-order valence-corrected chi connectivity index (χ4v) is 2.24. The van der Waals surface area contributed by atoms with E-state index in [2.05, 4.69) is 45.9 Å². The molecule has 5 aromatic heterocycles. The number of aromatic amines is 1. The first-order valence-electron chi connectivity index (χ1n) is 9.07. The second-order valence-corrected chi connectivity index (χ2v) is 5.56. The maximum absolute atomic E-state index is 4.67. The van der Waals surface area contributed by atoms with Gasteiger partial charge in [0, 0.05) is 24.8 Å². The Labute approximate surface area is 208 Å². The molecule has 9 heteroatoms. The topological polar surface area (TPSA) is 80.2 Å². The maximum Gasteiger partial charge on any atom is 0.0886 e. The van der Waals surface area contributed by atoms with Crippen molar-refractivity contribution in [3.63, 3.8) is 0 Å². The van der Waals surface area contributed by atoms with Crippen molar-refractivity contribution < 1.29 is 17.6 Å². The van der Waals surface area contributed by atoms with Gasteiger partial charge in [-0.05, 0) is 54.9 Å². The molecular weight excluding hydrogens is 621 g/mol. The predicted octanol–water partition coefficient (Wildman–Crippen LogP) is 5.61. The number of nitrogens with one attached hydrogen (secondary N) is 1. The van der Waals surface area contributed by atoms with Gasteiger partial charge in [0.05, 0.1) is 22.8 Å². The summed E-state index contributed by atoms with van der Waals surface area (Å²) >= 11 is 1.33. The number of imidazole rings is 1. The molecule has 0 aliphatic carbocycles. The number of H-pyrrole nitrogens is 1. The van der Waals surface area contributed by atoms with Crippen LogP contribution < -0.4 is 0 Å². The number of nitrogens with zero attached hydrogens (tertiary/aromatic N) is 5. The molecule has 0 unspecified atom stereocenters. The molecule has 0 aromatic carbocycles.